The van der Waals surface area contributed by atoms with E-state index in [1.807, 2.05) is 47.8 Å². The van der Waals surface area contributed by atoms with Gasteiger partial charge >= 0.3 is 0 Å². The minimum atomic E-state index is 0.0672. The molecule has 1 fully saturated rings. The third-order valence-electron chi connectivity index (χ3n) is 5.15. The monoisotopic (exact) mass is 380 g/mol. The van der Waals surface area contributed by atoms with Crippen LogP contribution < -0.4 is 0 Å². The third-order valence-corrected chi connectivity index (χ3v) is 6.00. The van der Waals surface area contributed by atoms with Crippen molar-refractivity contribution in [1.82, 2.24) is 19.4 Å². The molecule has 3 heterocycles. The predicted molar refractivity (Wildman–Crippen MR) is 107 cm³/mol. The van der Waals surface area contributed by atoms with Crippen LogP contribution in [0.15, 0.2) is 48.1 Å². The zero-order valence-corrected chi connectivity index (χ0v) is 16.4. The number of benzene rings is 1. The van der Waals surface area contributed by atoms with Crippen LogP contribution in [0, 0.1) is 12.8 Å². The Morgan fingerprint density at radius 3 is 2.93 bits per heavy atom. The molecule has 1 aliphatic heterocycles. The van der Waals surface area contributed by atoms with Crippen molar-refractivity contribution in [3.05, 3.63) is 70.2 Å². The van der Waals surface area contributed by atoms with E-state index in [0.717, 1.165) is 49.7 Å². The lowest BCUT2D eigenvalue weighted by molar-refractivity contribution is 0.0656. The number of imidazole rings is 1. The number of carbonyl (C=O) groups excluding carboxylic acids is 1. The van der Waals surface area contributed by atoms with Gasteiger partial charge in [-0.1, -0.05) is 30.3 Å². The summed E-state index contributed by atoms with van der Waals surface area (Å²) in [6.07, 6.45) is 6.83. The van der Waals surface area contributed by atoms with E-state index in [4.69, 9.17) is 0 Å². The van der Waals surface area contributed by atoms with Crippen LogP contribution in [0.5, 0.6) is 0 Å². The van der Waals surface area contributed by atoms with Gasteiger partial charge in [0.25, 0.3) is 5.91 Å². The van der Waals surface area contributed by atoms with Gasteiger partial charge in [-0.05, 0) is 31.2 Å². The lowest BCUT2D eigenvalue weighted by atomic mass is 9.97. The minimum Gasteiger partial charge on any atom is -0.337 e. The Kier molecular flexibility index (Phi) is 5.34. The molecule has 1 aromatic carbocycles. The molecule has 0 saturated carbocycles. The fourth-order valence-corrected chi connectivity index (χ4v) is 4.50. The molecule has 0 spiro atoms. The van der Waals surface area contributed by atoms with Gasteiger partial charge in [0, 0.05) is 43.8 Å². The van der Waals surface area contributed by atoms with Crippen molar-refractivity contribution in [3.63, 3.8) is 0 Å². The van der Waals surface area contributed by atoms with E-state index in [-0.39, 0.29) is 5.91 Å². The van der Waals surface area contributed by atoms with Crippen LogP contribution in [0.1, 0.15) is 39.7 Å². The Hall–Kier alpha value is -2.47. The molecule has 0 N–H and O–H groups in total. The number of hydrogen-bond donors (Lipinski definition) is 0. The second kappa shape index (κ2) is 8.05. The average Bonchev–Trinajstić information content (AvgIpc) is 3.32. The Labute approximate surface area is 163 Å². The number of nitrogens with zero attached hydrogens (tertiary/aromatic N) is 4. The number of aromatic nitrogens is 3. The van der Waals surface area contributed by atoms with Gasteiger partial charge in [0.15, 0.2) is 0 Å². The summed E-state index contributed by atoms with van der Waals surface area (Å²) in [5.74, 6) is 1.57. The topological polar surface area (TPSA) is 51.0 Å². The summed E-state index contributed by atoms with van der Waals surface area (Å²) in [6.45, 7) is 4.56. The maximum atomic E-state index is 12.9. The van der Waals surface area contributed by atoms with Crippen LogP contribution in [0.25, 0.3) is 0 Å². The summed E-state index contributed by atoms with van der Waals surface area (Å²) >= 11 is 1.57. The number of hydrogen-bond acceptors (Lipinski definition) is 4. The van der Waals surface area contributed by atoms with Crippen LogP contribution in [-0.2, 0) is 13.0 Å². The van der Waals surface area contributed by atoms with Crippen molar-refractivity contribution in [1.29, 1.82) is 0 Å². The lowest BCUT2D eigenvalue weighted by Gasteiger charge is -2.32. The number of aryl methyl sites for hydroxylation is 1. The van der Waals surface area contributed by atoms with Crippen molar-refractivity contribution in [2.75, 3.05) is 13.1 Å². The van der Waals surface area contributed by atoms with Crippen LogP contribution in [-0.4, -0.2) is 38.4 Å². The van der Waals surface area contributed by atoms with Crippen LogP contribution in [0.3, 0.4) is 0 Å². The minimum absolute atomic E-state index is 0.0672. The van der Waals surface area contributed by atoms with Gasteiger partial charge < -0.3 is 9.47 Å². The molecule has 1 amide bonds. The molecule has 2 aromatic heterocycles. The Morgan fingerprint density at radius 1 is 1.30 bits per heavy atom. The summed E-state index contributed by atoms with van der Waals surface area (Å²) in [6, 6.07) is 10.3. The SMILES string of the molecule is Cc1nccn1C[C@@H]1CCCN(C(=O)c2csc(Cc3ccccc3)n2)C1. The van der Waals surface area contributed by atoms with Crippen molar-refractivity contribution < 1.29 is 4.79 Å². The average molecular weight is 381 g/mol. The Balaban J connectivity index is 1.39. The van der Waals surface area contributed by atoms with Crippen LogP contribution in [0.4, 0.5) is 0 Å². The molecule has 1 aliphatic rings. The van der Waals surface area contributed by atoms with Gasteiger partial charge in [-0.2, -0.15) is 0 Å². The summed E-state index contributed by atoms with van der Waals surface area (Å²) in [7, 11) is 0. The van der Waals surface area contributed by atoms with E-state index < -0.39 is 0 Å². The molecule has 6 heteroatoms. The molecule has 140 valence electrons. The molecule has 3 aromatic rings. The molecular formula is C21H24N4OS. The van der Waals surface area contributed by atoms with E-state index in [2.05, 4.69) is 26.7 Å². The molecule has 5 nitrogen and oxygen atoms in total. The van der Waals surface area contributed by atoms with Gasteiger partial charge in [-0.3, -0.25) is 4.79 Å². The molecule has 0 aliphatic carbocycles. The smallest absolute Gasteiger partial charge is 0.273 e. The van der Waals surface area contributed by atoms with E-state index in [0.29, 0.717) is 11.6 Å². The largest absolute Gasteiger partial charge is 0.337 e. The lowest BCUT2D eigenvalue weighted by Crippen LogP contribution is -2.41. The summed E-state index contributed by atoms with van der Waals surface area (Å²) in [4.78, 5) is 23.8. The summed E-state index contributed by atoms with van der Waals surface area (Å²) in [5.41, 5.74) is 1.81. The number of carbonyl (C=O) groups is 1. The Bertz CT molecular complexity index is 902. The second-order valence-electron chi connectivity index (χ2n) is 7.18. The molecule has 27 heavy (non-hydrogen) atoms. The van der Waals surface area contributed by atoms with Gasteiger partial charge in [-0.25, -0.2) is 9.97 Å². The van der Waals surface area contributed by atoms with Gasteiger partial charge in [0.1, 0.15) is 11.5 Å². The van der Waals surface area contributed by atoms with Gasteiger partial charge in [-0.15, -0.1) is 11.3 Å². The third kappa shape index (κ3) is 4.27. The first-order chi connectivity index (χ1) is 13.2. The first-order valence-electron chi connectivity index (χ1n) is 9.44. The zero-order chi connectivity index (χ0) is 18.6. The molecule has 1 saturated heterocycles. The summed E-state index contributed by atoms with van der Waals surface area (Å²) < 4.78 is 2.18. The van der Waals surface area contributed by atoms with E-state index in [1.54, 1.807) is 11.3 Å². The van der Waals surface area contributed by atoms with Crippen molar-refractivity contribution in [3.8, 4) is 0 Å². The number of piperidine rings is 1. The van der Waals surface area contributed by atoms with Crippen molar-refractivity contribution >= 4 is 17.2 Å². The fraction of sp³-hybridized carbons (Fsp3) is 0.381. The maximum absolute atomic E-state index is 12.9. The summed E-state index contributed by atoms with van der Waals surface area (Å²) in [5, 5.41) is 2.90. The van der Waals surface area contributed by atoms with Gasteiger partial charge in [0.05, 0.1) is 5.01 Å². The van der Waals surface area contributed by atoms with Gasteiger partial charge in [0.2, 0.25) is 0 Å². The van der Waals surface area contributed by atoms with Crippen molar-refractivity contribution in [2.24, 2.45) is 5.92 Å². The second-order valence-corrected chi connectivity index (χ2v) is 8.12. The molecule has 0 bridgehead atoms. The fourth-order valence-electron chi connectivity index (χ4n) is 3.70. The number of amides is 1. The number of rotatable bonds is 5. The number of likely N-dealkylation sites (tertiary alicyclic amines) is 1. The molecule has 0 unspecified atom stereocenters. The highest BCUT2D eigenvalue weighted by Crippen LogP contribution is 2.22. The normalized spacial score (nSPS) is 17.2. The first kappa shape index (κ1) is 17.9. The van der Waals surface area contributed by atoms with E-state index in [9.17, 15) is 4.79 Å². The standard InChI is InChI=1S/C21H24N4OS/c1-16-22-9-11-24(16)13-18-8-5-10-25(14-18)21(26)19-15-27-20(23-19)12-17-6-3-2-4-7-17/h2-4,6-7,9,11,15,18H,5,8,10,12-14H2,1H3/t18-/m0/s1. The highest BCUT2D eigenvalue weighted by molar-refractivity contribution is 7.09. The first-order valence-corrected chi connectivity index (χ1v) is 10.3. The van der Waals surface area contributed by atoms with E-state index >= 15 is 0 Å². The molecule has 0 radical (unpaired) electrons. The number of thiazole rings is 1. The van der Waals surface area contributed by atoms with E-state index in [1.165, 1.54) is 5.56 Å². The Morgan fingerprint density at radius 2 is 2.15 bits per heavy atom. The highest BCUT2D eigenvalue weighted by atomic mass is 32.1. The van der Waals surface area contributed by atoms with Crippen LogP contribution in [0.2, 0.25) is 0 Å². The van der Waals surface area contributed by atoms with Crippen molar-refractivity contribution in [2.45, 2.75) is 32.7 Å². The van der Waals surface area contributed by atoms with Crippen LogP contribution >= 0.6 is 11.3 Å². The zero-order valence-electron chi connectivity index (χ0n) is 15.5. The maximum Gasteiger partial charge on any atom is 0.273 e. The predicted octanol–water partition coefficient (Wildman–Crippen LogP) is 3.79. The molecular weight excluding hydrogens is 356 g/mol. The molecule has 1 atom stereocenters. The highest BCUT2D eigenvalue weighted by Gasteiger charge is 2.26. The quantitative estimate of drug-likeness (QED) is 0.677. The molecule has 4 rings (SSSR count).